The number of hydrogen-bond donors (Lipinski definition) is 4. The highest BCUT2D eigenvalue weighted by Crippen LogP contribution is 2.20. The first-order valence-electron chi connectivity index (χ1n) is 6.00. The summed E-state index contributed by atoms with van der Waals surface area (Å²) < 4.78 is 0. The fourth-order valence-electron chi connectivity index (χ4n) is 1.83. The van der Waals surface area contributed by atoms with Crippen LogP contribution in [0.5, 0.6) is 0 Å². The van der Waals surface area contributed by atoms with Crippen LogP contribution in [-0.4, -0.2) is 57.8 Å². The zero-order chi connectivity index (χ0) is 14.6. The van der Waals surface area contributed by atoms with Crippen molar-refractivity contribution >= 4 is 17.9 Å². The minimum atomic E-state index is -1.33. The molecule has 0 aromatic heterocycles. The molecule has 0 spiro atoms. The van der Waals surface area contributed by atoms with Crippen molar-refractivity contribution in [2.24, 2.45) is 5.73 Å². The largest absolute Gasteiger partial charge is 0.480 e. The topological polar surface area (TPSA) is 133 Å². The van der Waals surface area contributed by atoms with Crippen LogP contribution >= 0.6 is 0 Å². The van der Waals surface area contributed by atoms with Crippen LogP contribution in [0, 0.1) is 0 Å². The standard InChI is InChI=1S/C11H19N3O5/c1-11(19)2-4-14(5-3-11)10(18)13-7(9(16)17)6-8(12)15/h7,19H,2-6H2,1H3,(H2,12,15)(H,13,18)(H,16,17)/t7-/m1/s1. The average molecular weight is 273 g/mol. The summed E-state index contributed by atoms with van der Waals surface area (Å²) in [6, 6.07) is -1.89. The van der Waals surface area contributed by atoms with Crippen LogP contribution in [0.3, 0.4) is 0 Å². The van der Waals surface area contributed by atoms with Crippen LogP contribution < -0.4 is 11.1 Å². The smallest absolute Gasteiger partial charge is 0.326 e. The van der Waals surface area contributed by atoms with Gasteiger partial charge in [0.05, 0.1) is 12.0 Å². The number of nitrogens with one attached hydrogen (secondary N) is 1. The lowest BCUT2D eigenvalue weighted by atomic mass is 9.94. The van der Waals surface area contributed by atoms with Gasteiger partial charge in [0.1, 0.15) is 6.04 Å². The van der Waals surface area contributed by atoms with Crippen LogP contribution in [0.1, 0.15) is 26.2 Å². The van der Waals surface area contributed by atoms with E-state index in [1.165, 1.54) is 4.90 Å². The fourth-order valence-corrected chi connectivity index (χ4v) is 1.83. The van der Waals surface area contributed by atoms with E-state index in [0.29, 0.717) is 25.9 Å². The molecule has 0 radical (unpaired) electrons. The van der Waals surface area contributed by atoms with Gasteiger partial charge >= 0.3 is 12.0 Å². The van der Waals surface area contributed by atoms with Crippen LogP contribution in [0.25, 0.3) is 0 Å². The average Bonchev–Trinajstić information content (AvgIpc) is 2.27. The van der Waals surface area contributed by atoms with Gasteiger partial charge in [-0.25, -0.2) is 9.59 Å². The van der Waals surface area contributed by atoms with Crippen molar-refractivity contribution in [3.05, 3.63) is 0 Å². The van der Waals surface area contributed by atoms with Gasteiger partial charge in [-0.05, 0) is 19.8 Å². The fraction of sp³-hybridized carbons (Fsp3) is 0.727. The number of nitrogens with two attached hydrogens (primary N) is 1. The molecule has 1 aliphatic rings. The summed E-state index contributed by atoms with van der Waals surface area (Å²) in [5.41, 5.74) is 4.13. The highest BCUT2D eigenvalue weighted by atomic mass is 16.4. The van der Waals surface area contributed by atoms with E-state index < -0.39 is 36.0 Å². The van der Waals surface area contributed by atoms with E-state index in [4.69, 9.17) is 10.8 Å². The summed E-state index contributed by atoms with van der Waals surface area (Å²) in [6.45, 7) is 2.36. The lowest BCUT2D eigenvalue weighted by molar-refractivity contribution is -0.141. The predicted octanol–water partition coefficient (Wildman–Crippen LogP) is -1.13. The third kappa shape index (κ3) is 4.74. The number of aliphatic carboxylic acids is 1. The molecule has 0 aromatic carbocycles. The normalized spacial score (nSPS) is 19.6. The van der Waals surface area contributed by atoms with Crippen molar-refractivity contribution in [1.82, 2.24) is 10.2 Å². The van der Waals surface area contributed by atoms with E-state index in [-0.39, 0.29) is 0 Å². The van der Waals surface area contributed by atoms with Crippen molar-refractivity contribution in [1.29, 1.82) is 0 Å². The van der Waals surface area contributed by atoms with E-state index in [9.17, 15) is 19.5 Å². The molecular formula is C11H19N3O5. The van der Waals surface area contributed by atoms with Gasteiger partial charge in [-0.1, -0.05) is 0 Å². The van der Waals surface area contributed by atoms with Crippen LogP contribution in [0.2, 0.25) is 0 Å². The number of carbonyl (C=O) groups excluding carboxylic acids is 2. The molecule has 0 saturated carbocycles. The minimum absolute atomic E-state index is 0.335. The molecule has 5 N–H and O–H groups in total. The Labute approximate surface area is 110 Å². The Balaban J connectivity index is 2.53. The first-order chi connectivity index (χ1) is 8.71. The highest BCUT2D eigenvalue weighted by molar-refractivity contribution is 5.87. The summed E-state index contributed by atoms with van der Waals surface area (Å²) in [7, 11) is 0. The van der Waals surface area contributed by atoms with Crippen LogP contribution in [0.4, 0.5) is 4.79 Å². The van der Waals surface area contributed by atoms with Crippen molar-refractivity contribution in [2.45, 2.75) is 37.8 Å². The number of carboxylic acid groups (broad SMARTS) is 1. The van der Waals surface area contributed by atoms with Gasteiger partial charge < -0.3 is 26.2 Å². The quantitative estimate of drug-likeness (QED) is 0.514. The summed E-state index contributed by atoms with van der Waals surface area (Å²) in [6.07, 6.45) is 0.397. The summed E-state index contributed by atoms with van der Waals surface area (Å²) in [5, 5.41) is 20.9. The molecule has 1 aliphatic heterocycles. The number of carbonyl (C=O) groups is 3. The van der Waals surface area contributed by atoms with Gasteiger partial charge in [-0.2, -0.15) is 0 Å². The Morgan fingerprint density at radius 2 is 1.89 bits per heavy atom. The molecular weight excluding hydrogens is 254 g/mol. The van der Waals surface area contributed by atoms with Gasteiger partial charge in [-0.15, -0.1) is 0 Å². The van der Waals surface area contributed by atoms with Gasteiger partial charge in [0.15, 0.2) is 0 Å². The molecule has 3 amide bonds. The van der Waals surface area contributed by atoms with Gasteiger partial charge in [-0.3, -0.25) is 4.79 Å². The zero-order valence-electron chi connectivity index (χ0n) is 10.8. The number of aliphatic hydroxyl groups is 1. The number of piperidine rings is 1. The maximum atomic E-state index is 11.8. The van der Waals surface area contributed by atoms with Crippen LogP contribution in [-0.2, 0) is 9.59 Å². The zero-order valence-corrected chi connectivity index (χ0v) is 10.8. The Bertz CT molecular complexity index is 373. The third-order valence-electron chi connectivity index (χ3n) is 3.13. The molecule has 108 valence electrons. The van der Waals surface area contributed by atoms with E-state index in [1.54, 1.807) is 6.92 Å². The van der Waals surface area contributed by atoms with Gasteiger partial charge in [0.2, 0.25) is 5.91 Å². The summed E-state index contributed by atoms with van der Waals surface area (Å²) in [4.78, 5) is 34.8. The van der Waals surface area contributed by atoms with E-state index in [0.717, 1.165) is 0 Å². The van der Waals surface area contributed by atoms with Crippen molar-refractivity contribution in [3.8, 4) is 0 Å². The molecule has 8 heteroatoms. The number of nitrogens with zero attached hydrogens (tertiary/aromatic N) is 1. The monoisotopic (exact) mass is 273 g/mol. The Morgan fingerprint density at radius 3 is 2.32 bits per heavy atom. The maximum Gasteiger partial charge on any atom is 0.326 e. The SMILES string of the molecule is CC1(O)CCN(C(=O)N[C@H](CC(N)=O)C(=O)O)CC1. The number of carboxylic acids is 1. The third-order valence-corrected chi connectivity index (χ3v) is 3.13. The molecule has 0 bridgehead atoms. The summed E-state index contributed by atoms with van der Waals surface area (Å²) >= 11 is 0. The molecule has 1 saturated heterocycles. The van der Waals surface area contributed by atoms with Crippen molar-refractivity contribution < 1.29 is 24.6 Å². The summed E-state index contributed by atoms with van der Waals surface area (Å²) in [5.74, 6) is -2.11. The number of rotatable bonds is 4. The molecule has 1 rings (SSSR count). The molecule has 1 atom stereocenters. The van der Waals surface area contributed by atoms with Crippen molar-refractivity contribution in [2.75, 3.05) is 13.1 Å². The van der Waals surface area contributed by atoms with Crippen LogP contribution in [0.15, 0.2) is 0 Å². The Hall–Kier alpha value is -1.83. The molecule has 0 aromatic rings. The second kappa shape index (κ2) is 5.87. The van der Waals surface area contributed by atoms with E-state index in [2.05, 4.69) is 5.32 Å². The molecule has 1 heterocycles. The molecule has 0 aliphatic carbocycles. The number of urea groups is 1. The molecule has 0 unspecified atom stereocenters. The van der Waals surface area contributed by atoms with Crippen molar-refractivity contribution in [3.63, 3.8) is 0 Å². The first kappa shape index (κ1) is 15.2. The first-order valence-corrected chi connectivity index (χ1v) is 6.00. The number of hydrogen-bond acceptors (Lipinski definition) is 4. The maximum absolute atomic E-state index is 11.8. The van der Waals surface area contributed by atoms with Gasteiger partial charge in [0, 0.05) is 13.1 Å². The number of amides is 3. The lowest BCUT2D eigenvalue weighted by Gasteiger charge is -2.36. The minimum Gasteiger partial charge on any atom is -0.480 e. The predicted molar refractivity (Wildman–Crippen MR) is 65.2 cm³/mol. The number of primary amides is 1. The van der Waals surface area contributed by atoms with E-state index in [1.807, 2.05) is 0 Å². The highest BCUT2D eigenvalue weighted by Gasteiger charge is 2.31. The Kier molecular flexibility index (Phi) is 4.71. The molecule has 8 nitrogen and oxygen atoms in total. The molecule has 19 heavy (non-hydrogen) atoms. The number of likely N-dealkylation sites (tertiary alicyclic amines) is 1. The second-order valence-corrected chi connectivity index (χ2v) is 4.99. The van der Waals surface area contributed by atoms with Gasteiger partial charge in [0.25, 0.3) is 0 Å². The van der Waals surface area contributed by atoms with E-state index >= 15 is 0 Å². The second-order valence-electron chi connectivity index (χ2n) is 4.99. The lowest BCUT2D eigenvalue weighted by Crippen LogP contribution is -2.53. The Morgan fingerprint density at radius 1 is 1.37 bits per heavy atom. The molecule has 1 fully saturated rings.